The maximum absolute atomic E-state index is 10.6. The molecule has 2 rings (SSSR count). The van der Waals surface area contributed by atoms with E-state index < -0.39 is 17.1 Å². The highest BCUT2D eigenvalue weighted by atomic mass is 16.6. The number of nitrogens with one attached hydrogen (secondary N) is 2. The lowest BCUT2D eigenvalue weighted by atomic mass is 10.0. The zero-order valence-electron chi connectivity index (χ0n) is 11.1. The van der Waals surface area contributed by atoms with E-state index in [0.717, 1.165) is 5.69 Å². The smallest absolute Gasteiger partial charge is 0.269 e. The Hall–Kier alpha value is -2.29. The highest BCUT2D eigenvalue weighted by Crippen LogP contribution is 2.20. The Labute approximate surface area is 120 Å². The molecule has 0 spiro atoms. The van der Waals surface area contributed by atoms with Crippen LogP contribution in [0.15, 0.2) is 36.5 Å². The minimum absolute atomic E-state index is 0.0445. The first kappa shape index (κ1) is 15.1. The molecule has 112 valence electrons. The molecule has 0 aliphatic carbocycles. The summed E-state index contributed by atoms with van der Waals surface area (Å²) < 4.78 is 0. The summed E-state index contributed by atoms with van der Waals surface area (Å²) in [6, 6.07) is 6.78. The highest BCUT2D eigenvalue weighted by Gasteiger charge is 2.20. The van der Waals surface area contributed by atoms with E-state index >= 15 is 0 Å². The summed E-state index contributed by atoms with van der Waals surface area (Å²) in [5.74, 6) is 0. The van der Waals surface area contributed by atoms with Gasteiger partial charge in [-0.05, 0) is 23.8 Å². The molecular formula is C13H16N4O4. The molecule has 1 heterocycles. The Kier molecular flexibility index (Phi) is 4.99. The molecule has 0 saturated carbocycles. The lowest BCUT2D eigenvalue weighted by Gasteiger charge is -2.22. The minimum atomic E-state index is -0.973. The molecule has 0 fully saturated rings. The van der Waals surface area contributed by atoms with Crippen molar-refractivity contribution in [1.82, 2.24) is 15.5 Å². The third-order valence-electron chi connectivity index (χ3n) is 3.14. The van der Waals surface area contributed by atoms with Gasteiger partial charge >= 0.3 is 0 Å². The summed E-state index contributed by atoms with van der Waals surface area (Å²) in [7, 11) is 0. The molecule has 0 aliphatic heterocycles. The van der Waals surface area contributed by atoms with E-state index in [0.29, 0.717) is 12.1 Å². The van der Waals surface area contributed by atoms with Crippen LogP contribution in [0.5, 0.6) is 0 Å². The monoisotopic (exact) mass is 292 g/mol. The molecule has 8 heteroatoms. The Bertz CT molecular complexity index is 570. The molecular weight excluding hydrogens is 276 g/mol. The Morgan fingerprint density at radius 3 is 2.57 bits per heavy atom. The molecule has 1 aromatic carbocycles. The Balaban J connectivity index is 2.01. The van der Waals surface area contributed by atoms with Crippen LogP contribution in [0.2, 0.25) is 0 Å². The second-order valence-electron chi connectivity index (χ2n) is 4.55. The zero-order valence-corrected chi connectivity index (χ0v) is 11.1. The summed E-state index contributed by atoms with van der Waals surface area (Å²) in [6.07, 6.45) is 0.635. The average Bonchev–Trinajstić information content (AvgIpc) is 3.01. The van der Waals surface area contributed by atoms with Gasteiger partial charge in [-0.25, -0.2) is 0 Å². The fourth-order valence-corrected chi connectivity index (χ4v) is 1.93. The van der Waals surface area contributed by atoms with Gasteiger partial charge in [0.25, 0.3) is 5.69 Å². The van der Waals surface area contributed by atoms with E-state index in [1.165, 1.54) is 24.3 Å². The number of nitro groups is 1. The first-order valence-corrected chi connectivity index (χ1v) is 6.36. The molecule has 0 amide bonds. The molecule has 0 aliphatic rings. The number of rotatable bonds is 7. The van der Waals surface area contributed by atoms with Gasteiger partial charge in [0.05, 0.1) is 23.7 Å². The van der Waals surface area contributed by atoms with Gasteiger partial charge < -0.3 is 15.5 Å². The Morgan fingerprint density at radius 1 is 1.33 bits per heavy atom. The van der Waals surface area contributed by atoms with E-state index in [1.54, 1.807) is 12.3 Å². The molecule has 2 unspecified atom stereocenters. The van der Waals surface area contributed by atoms with Crippen molar-refractivity contribution in [3.8, 4) is 0 Å². The summed E-state index contributed by atoms with van der Waals surface area (Å²) in [5, 5.41) is 39.7. The molecule has 0 saturated heterocycles. The van der Waals surface area contributed by atoms with Crippen LogP contribution in [-0.4, -0.2) is 38.0 Å². The number of non-ortho nitro benzene ring substituents is 1. The first-order valence-electron chi connectivity index (χ1n) is 6.36. The van der Waals surface area contributed by atoms with Crippen LogP contribution in [0.1, 0.15) is 17.4 Å². The number of aliphatic hydroxyl groups excluding tert-OH is 2. The van der Waals surface area contributed by atoms with Crippen LogP contribution in [0.4, 0.5) is 5.69 Å². The van der Waals surface area contributed by atoms with Crippen LogP contribution in [0, 0.1) is 10.1 Å². The fraction of sp³-hybridized carbons (Fsp3) is 0.308. The summed E-state index contributed by atoms with van der Waals surface area (Å²) in [4.78, 5) is 10.1. The first-order chi connectivity index (χ1) is 10.1. The molecule has 8 nitrogen and oxygen atoms in total. The van der Waals surface area contributed by atoms with Gasteiger partial charge in [0.2, 0.25) is 0 Å². The topological polar surface area (TPSA) is 124 Å². The minimum Gasteiger partial charge on any atom is -0.395 e. The molecule has 21 heavy (non-hydrogen) atoms. The zero-order chi connectivity index (χ0) is 15.2. The average molecular weight is 292 g/mol. The SMILES string of the molecule is O=[N+]([O-])c1ccc(C(O)C(CO)NCc2ccn[nH]2)cc1. The van der Waals surface area contributed by atoms with Crippen LogP contribution >= 0.6 is 0 Å². The summed E-state index contributed by atoms with van der Waals surface area (Å²) in [5.41, 5.74) is 1.28. The third-order valence-corrected chi connectivity index (χ3v) is 3.14. The predicted octanol–water partition coefficient (Wildman–Crippen LogP) is 0.502. The predicted molar refractivity (Wildman–Crippen MR) is 74.4 cm³/mol. The normalized spacial score (nSPS) is 13.8. The number of benzene rings is 1. The number of hydrogen-bond donors (Lipinski definition) is 4. The van der Waals surface area contributed by atoms with E-state index in [4.69, 9.17) is 0 Å². The van der Waals surface area contributed by atoms with E-state index in [1.807, 2.05) is 0 Å². The molecule has 1 aromatic heterocycles. The van der Waals surface area contributed by atoms with Crippen molar-refractivity contribution in [3.05, 3.63) is 57.9 Å². The number of aliphatic hydroxyl groups is 2. The molecule has 2 atom stereocenters. The third kappa shape index (κ3) is 3.85. The second-order valence-corrected chi connectivity index (χ2v) is 4.55. The van der Waals surface area contributed by atoms with Crippen molar-refractivity contribution < 1.29 is 15.1 Å². The maximum Gasteiger partial charge on any atom is 0.269 e. The fourth-order valence-electron chi connectivity index (χ4n) is 1.93. The van der Waals surface area contributed by atoms with Crippen molar-refractivity contribution in [2.24, 2.45) is 0 Å². The van der Waals surface area contributed by atoms with Crippen molar-refractivity contribution in [3.63, 3.8) is 0 Å². The number of H-pyrrole nitrogens is 1. The van der Waals surface area contributed by atoms with Crippen LogP contribution < -0.4 is 5.32 Å². The van der Waals surface area contributed by atoms with Gasteiger partial charge in [-0.1, -0.05) is 0 Å². The quantitative estimate of drug-likeness (QED) is 0.435. The number of aromatic nitrogens is 2. The van der Waals surface area contributed by atoms with Crippen LogP contribution in [-0.2, 0) is 6.54 Å². The lowest BCUT2D eigenvalue weighted by Crippen LogP contribution is -2.37. The number of aromatic amines is 1. The van der Waals surface area contributed by atoms with Gasteiger partial charge in [-0.15, -0.1) is 0 Å². The van der Waals surface area contributed by atoms with Crippen molar-refractivity contribution >= 4 is 5.69 Å². The molecule has 2 aromatic rings. The molecule has 0 bridgehead atoms. The Morgan fingerprint density at radius 2 is 2.05 bits per heavy atom. The van der Waals surface area contributed by atoms with E-state index in [9.17, 15) is 20.3 Å². The van der Waals surface area contributed by atoms with Crippen molar-refractivity contribution in [1.29, 1.82) is 0 Å². The van der Waals surface area contributed by atoms with Crippen molar-refractivity contribution in [2.75, 3.05) is 6.61 Å². The van der Waals surface area contributed by atoms with Crippen LogP contribution in [0.25, 0.3) is 0 Å². The summed E-state index contributed by atoms with van der Waals surface area (Å²) >= 11 is 0. The summed E-state index contributed by atoms with van der Waals surface area (Å²) in [6.45, 7) is 0.140. The van der Waals surface area contributed by atoms with Crippen LogP contribution in [0.3, 0.4) is 0 Å². The second kappa shape index (κ2) is 6.93. The largest absolute Gasteiger partial charge is 0.395 e. The number of nitrogens with zero attached hydrogens (tertiary/aromatic N) is 2. The van der Waals surface area contributed by atoms with Gasteiger partial charge in [0.1, 0.15) is 0 Å². The van der Waals surface area contributed by atoms with Crippen molar-refractivity contribution in [2.45, 2.75) is 18.7 Å². The van der Waals surface area contributed by atoms with E-state index in [-0.39, 0.29) is 12.3 Å². The maximum atomic E-state index is 10.6. The van der Waals surface area contributed by atoms with E-state index in [2.05, 4.69) is 15.5 Å². The van der Waals surface area contributed by atoms with Gasteiger partial charge in [0.15, 0.2) is 0 Å². The molecule has 4 N–H and O–H groups in total. The molecule has 0 radical (unpaired) electrons. The number of hydrogen-bond acceptors (Lipinski definition) is 6. The van der Waals surface area contributed by atoms with Gasteiger partial charge in [-0.2, -0.15) is 5.10 Å². The highest BCUT2D eigenvalue weighted by molar-refractivity contribution is 5.34. The number of nitro benzene ring substituents is 1. The van der Waals surface area contributed by atoms with Gasteiger partial charge in [0, 0.05) is 30.6 Å². The standard InChI is InChI=1S/C13H16N4O4/c18-8-12(14-7-10-5-6-15-16-10)13(19)9-1-3-11(4-2-9)17(20)21/h1-6,12-14,18-19H,7-8H2,(H,15,16). The van der Waals surface area contributed by atoms with Gasteiger partial charge in [-0.3, -0.25) is 15.2 Å². The lowest BCUT2D eigenvalue weighted by molar-refractivity contribution is -0.384.